The van der Waals surface area contributed by atoms with E-state index in [2.05, 4.69) is 0 Å². The first-order valence-corrected chi connectivity index (χ1v) is 7.19. The highest BCUT2D eigenvalue weighted by atomic mass is 16.6. The summed E-state index contributed by atoms with van der Waals surface area (Å²) in [5.41, 5.74) is 3.57. The van der Waals surface area contributed by atoms with Crippen LogP contribution in [0, 0.1) is 24.0 Å². The van der Waals surface area contributed by atoms with Gasteiger partial charge >= 0.3 is 0 Å². The first-order chi connectivity index (χ1) is 11.0. The highest BCUT2D eigenvalue weighted by molar-refractivity contribution is 6.14. The zero-order valence-corrected chi connectivity index (χ0v) is 12.8. The Morgan fingerprint density at radius 1 is 1.22 bits per heavy atom. The fourth-order valence-electron chi connectivity index (χ4n) is 2.74. The molecule has 1 heterocycles. The molecule has 0 amide bonds. The van der Waals surface area contributed by atoms with Gasteiger partial charge in [0.1, 0.15) is 12.4 Å². The molecule has 0 unspecified atom stereocenters. The SMILES string of the molecule is Cc1cc(C)c2c(c1)C(=O)C(=Cc1cccc([N+](=O)[O-])c1)CO2. The van der Waals surface area contributed by atoms with Crippen molar-refractivity contribution in [1.82, 2.24) is 0 Å². The summed E-state index contributed by atoms with van der Waals surface area (Å²) in [5, 5.41) is 10.8. The Hall–Kier alpha value is -2.95. The first kappa shape index (κ1) is 15.0. The summed E-state index contributed by atoms with van der Waals surface area (Å²) in [6, 6.07) is 9.97. The van der Waals surface area contributed by atoms with Crippen molar-refractivity contribution < 1.29 is 14.5 Å². The average Bonchev–Trinajstić information content (AvgIpc) is 2.51. The standard InChI is InChI=1S/C18H15NO4/c1-11-6-12(2)18-16(7-11)17(20)14(10-23-18)8-13-4-3-5-15(9-13)19(21)22/h3-9H,10H2,1-2H3. The maximum atomic E-state index is 12.7. The second-order valence-corrected chi connectivity index (χ2v) is 5.60. The van der Waals surface area contributed by atoms with E-state index in [1.54, 1.807) is 18.2 Å². The van der Waals surface area contributed by atoms with Gasteiger partial charge in [0.25, 0.3) is 5.69 Å². The summed E-state index contributed by atoms with van der Waals surface area (Å²) in [4.78, 5) is 23.0. The lowest BCUT2D eigenvalue weighted by Gasteiger charge is -2.21. The Labute approximate surface area is 133 Å². The summed E-state index contributed by atoms with van der Waals surface area (Å²) >= 11 is 0. The van der Waals surface area contributed by atoms with E-state index in [0.717, 1.165) is 11.1 Å². The van der Waals surface area contributed by atoms with Crippen LogP contribution in [-0.4, -0.2) is 17.3 Å². The molecular formula is C18H15NO4. The van der Waals surface area contributed by atoms with E-state index in [-0.39, 0.29) is 18.1 Å². The first-order valence-electron chi connectivity index (χ1n) is 7.19. The van der Waals surface area contributed by atoms with Gasteiger partial charge in [0.05, 0.1) is 10.5 Å². The number of nitrogens with zero attached hydrogens (tertiary/aromatic N) is 1. The number of aryl methyl sites for hydroxylation is 2. The van der Waals surface area contributed by atoms with Crippen molar-refractivity contribution in [3.05, 3.63) is 74.3 Å². The smallest absolute Gasteiger partial charge is 0.270 e. The molecule has 0 saturated heterocycles. The van der Waals surface area contributed by atoms with E-state index < -0.39 is 4.92 Å². The number of ketones is 1. The molecule has 0 N–H and O–H groups in total. The van der Waals surface area contributed by atoms with Gasteiger partial charge < -0.3 is 4.74 Å². The Morgan fingerprint density at radius 3 is 2.74 bits per heavy atom. The van der Waals surface area contributed by atoms with Crippen LogP contribution in [0.15, 0.2) is 42.0 Å². The van der Waals surface area contributed by atoms with Crippen molar-refractivity contribution in [2.75, 3.05) is 6.61 Å². The number of carbonyl (C=O) groups is 1. The number of Topliss-reactive ketones (excluding diaryl/α,β-unsaturated/α-hetero) is 1. The molecule has 23 heavy (non-hydrogen) atoms. The highest BCUT2D eigenvalue weighted by Crippen LogP contribution is 2.32. The monoisotopic (exact) mass is 309 g/mol. The fourth-order valence-corrected chi connectivity index (χ4v) is 2.74. The number of rotatable bonds is 2. The van der Waals surface area contributed by atoms with Gasteiger partial charge in [0, 0.05) is 17.7 Å². The number of non-ortho nitro benzene ring substituents is 1. The largest absolute Gasteiger partial charge is 0.488 e. The van der Waals surface area contributed by atoms with Gasteiger partial charge in [-0.1, -0.05) is 18.2 Å². The van der Waals surface area contributed by atoms with Crippen LogP contribution in [0.4, 0.5) is 5.69 Å². The molecular weight excluding hydrogens is 294 g/mol. The molecule has 0 fully saturated rings. The van der Waals surface area contributed by atoms with Crippen molar-refractivity contribution in [3.8, 4) is 5.75 Å². The van der Waals surface area contributed by atoms with Crippen molar-refractivity contribution in [2.45, 2.75) is 13.8 Å². The van der Waals surface area contributed by atoms with Crippen molar-refractivity contribution in [1.29, 1.82) is 0 Å². The maximum Gasteiger partial charge on any atom is 0.270 e. The summed E-state index contributed by atoms with van der Waals surface area (Å²) < 4.78 is 5.72. The molecule has 0 aromatic heterocycles. The average molecular weight is 309 g/mol. The van der Waals surface area contributed by atoms with Gasteiger partial charge in [-0.05, 0) is 42.7 Å². The summed E-state index contributed by atoms with van der Waals surface area (Å²) in [6.45, 7) is 4.01. The molecule has 2 aromatic carbocycles. The highest BCUT2D eigenvalue weighted by Gasteiger charge is 2.25. The third kappa shape index (κ3) is 2.85. The van der Waals surface area contributed by atoms with E-state index in [9.17, 15) is 14.9 Å². The second kappa shape index (κ2) is 5.68. The van der Waals surface area contributed by atoms with Crippen LogP contribution in [0.2, 0.25) is 0 Å². The van der Waals surface area contributed by atoms with E-state index in [1.165, 1.54) is 12.1 Å². The zero-order chi connectivity index (χ0) is 16.6. The fraction of sp³-hybridized carbons (Fsp3) is 0.167. The Kier molecular flexibility index (Phi) is 3.70. The van der Waals surface area contributed by atoms with Crippen LogP contribution in [-0.2, 0) is 0 Å². The summed E-state index contributed by atoms with van der Waals surface area (Å²) in [6.07, 6.45) is 1.65. The number of hydrogen-bond donors (Lipinski definition) is 0. The summed E-state index contributed by atoms with van der Waals surface area (Å²) in [5.74, 6) is 0.529. The topological polar surface area (TPSA) is 69.4 Å². The van der Waals surface area contributed by atoms with E-state index in [1.807, 2.05) is 26.0 Å². The molecule has 0 saturated carbocycles. The van der Waals surface area contributed by atoms with Crippen LogP contribution < -0.4 is 4.74 Å². The van der Waals surface area contributed by atoms with E-state index in [0.29, 0.717) is 22.4 Å². The molecule has 3 rings (SSSR count). The van der Waals surface area contributed by atoms with E-state index >= 15 is 0 Å². The lowest BCUT2D eigenvalue weighted by atomic mass is 9.95. The van der Waals surface area contributed by atoms with E-state index in [4.69, 9.17) is 4.74 Å². The number of nitro benzene ring substituents is 1. The van der Waals surface area contributed by atoms with Gasteiger partial charge in [0.2, 0.25) is 0 Å². The number of fused-ring (bicyclic) bond motifs is 1. The number of nitro groups is 1. The quantitative estimate of drug-likeness (QED) is 0.479. The predicted octanol–water partition coefficient (Wildman–Crippen LogP) is 3.87. The van der Waals surface area contributed by atoms with Gasteiger partial charge in [-0.25, -0.2) is 0 Å². The molecule has 2 aromatic rings. The minimum absolute atomic E-state index is 0.00406. The Bertz CT molecular complexity index is 852. The Balaban J connectivity index is 2.01. The normalized spacial score (nSPS) is 15.2. The molecule has 5 nitrogen and oxygen atoms in total. The number of carbonyl (C=O) groups excluding carboxylic acids is 1. The van der Waals surface area contributed by atoms with Crippen molar-refractivity contribution in [3.63, 3.8) is 0 Å². The summed E-state index contributed by atoms with van der Waals surface area (Å²) in [7, 11) is 0. The van der Waals surface area contributed by atoms with Crippen molar-refractivity contribution >= 4 is 17.5 Å². The molecule has 0 aliphatic carbocycles. The number of ether oxygens (including phenoxy) is 1. The third-order valence-electron chi connectivity index (χ3n) is 3.75. The van der Waals surface area contributed by atoms with Crippen LogP contribution in [0.1, 0.15) is 27.0 Å². The van der Waals surface area contributed by atoms with Gasteiger partial charge in [-0.3, -0.25) is 14.9 Å². The van der Waals surface area contributed by atoms with Crippen LogP contribution in [0.25, 0.3) is 6.08 Å². The minimum Gasteiger partial charge on any atom is -0.488 e. The molecule has 116 valence electrons. The third-order valence-corrected chi connectivity index (χ3v) is 3.75. The van der Waals surface area contributed by atoms with Gasteiger partial charge in [-0.2, -0.15) is 0 Å². The minimum atomic E-state index is -0.455. The zero-order valence-electron chi connectivity index (χ0n) is 12.8. The Morgan fingerprint density at radius 2 is 2.00 bits per heavy atom. The second-order valence-electron chi connectivity index (χ2n) is 5.60. The number of benzene rings is 2. The molecule has 1 aliphatic rings. The van der Waals surface area contributed by atoms with Crippen LogP contribution in [0.3, 0.4) is 0 Å². The van der Waals surface area contributed by atoms with Crippen LogP contribution >= 0.6 is 0 Å². The lowest BCUT2D eigenvalue weighted by molar-refractivity contribution is -0.384. The molecule has 1 aliphatic heterocycles. The van der Waals surface area contributed by atoms with Gasteiger partial charge in [-0.15, -0.1) is 0 Å². The number of hydrogen-bond acceptors (Lipinski definition) is 4. The van der Waals surface area contributed by atoms with Crippen molar-refractivity contribution in [2.24, 2.45) is 0 Å². The van der Waals surface area contributed by atoms with Gasteiger partial charge in [0.15, 0.2) is 5.78 Å². The maximum absolute atomic E-state index is 12.7. The van der Waals surface area contributed by atoms with Crippen LogP contribution in [0.5, 0.6) is 5.75 Å². The molecule has 0 radical (unpaired) electrons. The lowest BCUT2D eigenvalue weighted by Crippen LogP contribution is -2.20. The molecule has 0 atom stereocenters. The predicted molar refractivity (Wildman–Crippen MR) is 86.8 cm³/mol. The molecule has 0 bridgehead atoms. The molecule has 0 spiro atoms. The molecule has 5 heteroatoms.